The molecule has 2 N–H and O–H groups in total. The molecule has 5 nitrogen and oxygen atoms in total. The summed E-state index contributed by atoms with van der Waals surface area (Å²) in [5.74, 6) is 0.876. The lowest BCUT2D eigenvalue weighted by Crippen LogP contribution is -2.49. The first-order chi connectivity index (χ1) is 9.83. The van der Waals surface area contributed by atoms with Gasteiger partial charge >= 0.3 is 0 Å². The number of anilines is 1. The minimum Gasteiger partial charge on any atom is -0.440 e. The van der Waals surface area contributed by atoms with Crippen molar-refractivity contribution < 1.29 is 9.21 Å². The monoisotopic (exact) mass is 289 g/mol. The summed E-state index contributed by atoms with van der Waals surface area (Å²) in [5.41, 5.74) is 1.61. The number of benzene rings is 1. The lowest BCUT2D eigenvalue weighted by atomic mass is 10.0. The minimum absolute atomic E-state index is 0.0729. The quantitative estimate of drug-likeness (QED) is 0.886. The average Bonchev–Trinajstić information content (AvgIpc) is 2.81. The van der Waals surface area contributed by atoms with Crippen LogP contribution in [0.2, 0.25) is 0 Å². The zero-order valence-corrected chi connectivity index (χ0v) is 13.3. The van der Waals surface area contributed by atoms with Gasteiger partial charge in [0, 0.05) is 11.6 Å². The van der Waals surface area contributed by atoms with Gasteiger partial charge in [0.15, 0.2) is 11.5 Å². The van der Waals surface area contributed by atoms with Gasteiger partial charge in [-0.05, 0) is 38.6 Å². The molecule has 0 radical (unpaired) electrons. The van der Waals surface area contributed by atoms with Gasteiger partial charge in [0.05, 0.1) is 5.54 Å². The van der Waals surface area contributed by atoms with Gasteiger partial charge in [-0.25, -0.2) is 4.98 Å². The zero-order chi connectivity index (χ0) is 15.6. The van der Waals surface area contributed by atoms with Gasteiger partial charge in [0.25, 0.3) is 0 Å². The number of amides is 1. The number of carbonyl (C=O) groups is 1. The second-order valence-corrected chi connectivity index (χ2v) is 6.00. The van der Waals surface area contributed by atoms with E-state index in [9.17, 15) is 4.79 Å². The van der Waals surface area contributed by atoms with Crippen LogP contribution in [0.4, 0.5) is 5.69 Å². The summed E-state index contributed by atoms with van der Waals surface area (Å²) >= 11 is 0. The molecule has 21 heavy (non-hydrogen) atoms. The van der Waals surface area contributed by atoms with E-state index in [2.05, 4.69) is 15.6 Å². The molecule has 1 aromatic heterocycles. The van der Waals surface area contributed by atoms with Gasteiger partial charge in [0.1, 0.15) is 5.52 Å². The van der Waals surface area contributed by atoms with Crippen LogP contribution >= 0.6 is 0 Å². The van der Waals surface area contributed by atoms with Crippen LogP contribution in [0.5, 0.6) is 0 Å². The van der Waals surface area contributed by atoms with E-state index >= 15 is 0 Å². The molecule has 114 valence electrons. The van der Waals surface area contributed by atoms with E-state index in [-0.39, 0.29) is 11.8 Å². The number of carbonyl (C=O) groups excluding carboxylic acids is 1. The highest BCUT2D eigenvalue weighted by molar-refractivity contribution is 5.98. The Bertz CT molecular complexity index is 644. The molecule has 0 aliphatic carbocycles. The fourth-order valence-electron chi connectivity index (χ4n) is 2.08. The summed E-state index contributed by atoms with van der Waals surface area (Å²) in [7, 11) is 0. The number of fused-ring (bicyclic) bond motifs is 1. The molecule has 2 aromatic rings. The predicted molar refractivity (Wildman–Crippen MR) is 84.5 cm³/mol. The number of hydrogen-bond acceptors (Lipinski definition) is 4. The molecule has 0 saturated carbocycles. The smallest absolute Gasteiger partial charge is 0.244 e. The average molecular weight is 289 g/mol. The first kappa shape index (κ1) is 15.5. The molecule has 0 spiro atoms. The second kappa shape index (κ2) is 5.85. The Balaban J connectivity index is 2.21. The van der Waals surface area contributed by atoms with Gasteiger partial charge in [0.2, 0.25) is 5.91 Å². The number of aromatic nitrogens is 1. The lowest BCUT2D eigenvalue weighted by Gasteiger charge is -2.24. The van der Waals surface area contributed by atoms with E-state index in [1.807, 2.05) is 52.8 Å². The number of likely N-dealkylation sites (N-methyl/N-ethyl adjacent to an activating group) is 1. The topological polar surface area (TPSA) is 67.2 Å². The van der Waals surface area contributed by atoms with Crippen molar-refractivity contribution in [1.82, 2.24) is 10.3 Å². The largest absolute Gasteiger partial charge is 0.440 e. The summed E-state index contributed by atoms with van der Waals surface area (Å²) in [6.07, 6.45) is 0. The third-order valence-corrected chi connectivity index (χ3v) is 3.34. The van der Waals surface area contributed by atoms with Gasteiger partial charge in [-0.1, -0.05) is 20.8 Å². The van der Waals surface area contributed by atoms with Crippen LogP contribution in [0.25, 0.3) is 11.1 Å². The van der Waals surface area contributed by atoms with E-state index in [0.29, 0.717) is 5.89 Å². The number of nitrogens with zero attached hydrogens (tertiary/aromatic N) is 1. The molecule has 1 amide bonds. The van der Waals surface area contributed by atoms with Crippen LogP contribution in [-0.2, 0) is 4.79 Å². The molecule has 1 heterocycles. The summed E-state index contributed by atoms with van der Waals surface area (Å²) in [4.78, 5) is 16.7. The molecule has 0 saturated heterocycles. The predicted octanol–water partition coefficient (Wildman–Crippen LogP) is 3.28. The van der Waals surface area contributed by atoms with E-state index in [1.54, 1.807) is 0 Å². The molecule has 5 heteroatoms. The second-order valence-electron chi connectivity index (χ2n) is 6.00. The van der Waals surface area contributed by atoms with E-state index in [4.69, 9.17) is 4.42 Å². The van der Waals surface area contributed by atoms with Crippen LogP contribution in [0, 0.1) is 0 Å². The Labute approximate surface area is 125 Å². The first-order valence-corrected chi connectivity index (χ1v) is 7.30. The van der Waals surface area contributed by atoms with Crippen LogP contribution in [0.15, 0.2) is 22.6 Å². The SMILES string of the molecule is CCNC(C)(C)C(=O)Nc1ccc2oc(C(C)C)nc2c1. The highest BCUT2D eigenvalue weighted by atomic mass is 16.3. The standard InChI is InChI=1S/C16H23N3O2/c1-6-17-16(4,5)15(20)18-11-7-8-13-12(9-11)19-14(21-13)10(2)3/h7-10,17H,6H2,1-5H3,(H,18,20). The number of hydrogen-bond donors (Lipinski definition) is 2. The maximum Gasteiger partial charge on any atom is 0.244 e. The van der Waals surface area contributed by atoms with Crippen molar-refractivity contribution in [3.05, 3.63) is 24.1 Å². The van der Waals surface area contributed by atoms with Gasteiger partial charge in [-0.15, -0.1) is 0 Å². The Morgan fingerprint density at radius 3 is 2.71 bits per heavy atom. The fraction of sp³-hybridized carbons (Fsp3) is 0.500. The first-order valence-electron chi connectivity index (χ1n) is 7.30. The third-order valence-electron chi connectivity index (χ3n) is 3.34. The van der Waals surface area contributed by atoms with Crippen molar-refractivity contribution in [3.63, 3.8) is 0 Å². The van der Waals surface area contributed by atoms with Gasteiger partial charge in [-0.2, -0.15) is 0 Å². The van der Waals surface area contributed by atoms with Crippen molar-refractivity contribution in [2.75, 3.05) is 11.9 Å². The number of rotatable bonds is 5. The molecule has 0 aliphatic heterocycles. The summed E-state index contributed by atoms with van der Waals surface area (Å²) in [6.45, 7) is 10.5. The molecule has 0 aliphatic rings. The number of oxazole rings is 1. The Hall–Kier alpha value is -1.88. The molecular weight excluding hydrogens is 266 g/mol. The molecule has 0 fully saturated rings. The van der Waals surface area contributed by atoms with Gasteiger partial charge in [-0.3, -0.25) is 4.79 Å². The summed E-state index contributed by atoms with van der Waals surface area (Å²) < 4.78 is 5.66. The minimum atomic E-state index is -0.614. The highest BCUT2D eigenvalue weighted by Gasteiger charge is 2.26. The third kappa shape index (κ3) is 3.42. The molecule has 2 rings (SSSR count). The van der Waals surface area contributed by atoms with Gasteiger partial charge < -0.3 is 15.1 Å². The van der Waals surface area contributed by atoms with Crippen molar-refractivity contribution in [2.24, 2.45) is 0 Å². The molecule has 0 unspecified atom stereocenters. The Morgan fingerprint density at radius 2 is 2.10 bits per heavy atom. The number of nitrogens with one attached hydrogen (secondary N) is 2. The lowest BCUT2D eigenvalue weighted by molar-refractivity contribution is -0.121. The Kier molecular flexibility index (Phi) is 4.32. The van der Waals surface area contributed by atoms with Crippen LogP contribution in [-0.4, -0.2) is 23.0 Å². The summed E-state index contributed by atoms with van der Waals surface area (Å²) in [5, 5.41) is 6.07. The van der Waals surface area contributed by atoms with Crippen molar-refractivity contribution in [1.29, 1.82) is 0 Å². The normalized spacial score (nSPS) is 12.1. The zero-order valence-electron chi connectivity index (χ0n) is 13.3. The Morgan fingerprint density at radius 1 is 1.38 bits per heavy atom. The van der Waals surface area contributed by atoms with Crippen molar-refractivity contribution in [2.45, 2.75) is 46.1 Å². The van der Waals surface area contributed by atoms with Crippen molar-refractivity contribution >= 4 is 22.7 Å². The molecule has 1 aromatic carbocycles. The van der Waals surface area contributed by atoms with Crippen LogP contribution in [0.3, 0.4) is 0 Å². The van der Waals surface area contributed by atoms with Crippen molar-refractivity contribution in [3.8, 4) is 0 Å². The summed E-state index contributed by atoms with van der Waals surface area (Å²) in [6, 6.07) is 5.51. The van der Waals surface area contributed by atoms with E-state index in [0.717, 1.165) is 23.3 Å². The molecular formula is C16H23N3O2. The van der Waals surface area contributed by atoms with Crippen LogP contribution < -0.4 is 10.6 Å². The van der Waals surface area contributed by atoms with E-state index in [1.165, 1.54) is 0 Å². The highest BCUT2D eigenvalue weighted by Crippen LogP contribution is 2.24. The fourth-order valence-corrected chi connectivity index (χ4v) is 2.08. The molecule has 0 bridgehead atoms. The van der Waals surface area contributed by atoms with E-state index < -0.39 is 5.54 Å². The maximum atomic E-state index is 12.3. The maximum absolute atomic E-state index is 12.3. The van der Waals surface area contributed by atoms with Crippen LogP contribution in [0.1, 0.15) is 46.4 Å². The molecule has 0 atom stereocenters.